The number of unbranched alkanes of at least 4 members (excludes halogenated alkanes) is 1. The van der Waals surface area contributed by atoms with Gasteiger partial charge < -0.3 is 34.8 Å². The van der Waals surface area contributed by atoms with Gasteiger partial charge in [-0.15, -0.1) is 0 Å². The maximum Gasteiger partial charge on any atom is 0.416 e. The second kappa shape index (κ2) is 20.8. The number of nitrogens with zero attached hydrogens (tertiary/aromatic N) is 2. The van der Waals surface area contributed by atoms with Crippen molar-refractivity contribution in [3.05, 3.63) is 120 Å². The Morgan fingerprint density at radius 3 is 2.73 bits per heavy atom. The molecule has 6 rings (SSSR count). The van der Waals surface area contributed by atoms with E-state index in [4.69, 9.17) is 14.2 Å². The van der Waals surface area contributed by atoms with Crippen LogP contribution in [0.5, 0.6) is 11.5 Å². The number of carbonyl (C=O) groups excluding carboxylic acids is 1. The van der Waals surface area contributed by atoms with Crippen molar-refractivity contribution in [2.24, 2.45) is 11.8 Å². The smallest absolute Gasteiger partial charge is 0.416 e. The zero-order valence-electron chi connectivity index (χ0n) is 33.3. The fourth-order valence-electron chi connectivity index (χ4n) is 7.80. The molecule has 316 valence electrons. The number of aliphatic hydroxyl groups is 3. The van der Waals surface area contributed by atoms with E-state index in [-0.39, 0.29) is 50.3 Å². The van der Waals surface area contributed by atoms with E-state index in [1.165, 1.54) is 23.6 Å². The number of carbonyl (C=O) groups is 1. The van der Waals surface area contributed by atoms with Crippen molar-refractivity contribution in [1.29, 1.82) is 0 Å². The van der Waals surface area contributed by atoms with Crippen LogP contribution in [-0.4, -0.2) is 88.4 Å². The largest absolute Gasteiger partial charge is 0.491 e. The van der Waals surface area contributed by atoms with Gasteiger partial charge in [-0.3, -0.25) is 14.7 Å². The molecule has 4 aromatic rings. The van der Waals surface area contributed by atoms with Crippen LogP contribution in [0.15, 0.2) is 103 Å². The number of anilines is 1. The van der Waals surface area contributed by atoms with Gasteiger partial charge in [-0.1, -0.05) is 54.6 Å². The molecule has 0 amide bonds. The first kappa shape index (κ1) is 43.6. The van der Waals surface area contributed by atoms with Crippen molar-refractivity contribution < 1.29 is 47.5 Å². The third kappa shape index (κ3) is 12.8. The number of esters is 1. The van der Waals surface area contributed by atoms with E-state index < -0.39 is 36.0 Å². The summed E-state index contributed by atoms with van der Waals surface area (Å²) in [5, 5.41) is 37.5. The van der Waals surface area contributed by atoms with Gasteiger partial charge in [0.25, 0.3) is 0 Å². The highest BCUT2D eigenvalue weighted by atomic mass is 19.4. The molecule has 59 heavy (non-hydrogen) atoms. The number of pyridine rings is 1. The SMILES string of the molecule is Cc1ccc(CN2CC[C@@H](Nc3cccc4cnccc34)C2)cc1OCCOC(=O)CCC/C=C/C[C@@H]1[C@@H](/C=C/[C@@H](O)COc2cccc(C(F)(F)F)c2)[C@H](O)C[C@@H]1O. The monoisotopic (exact) mass is 817 g/mol. The summed E-state index contributed by atoms with van der Waals surface area (Å²) in [6, 6.07) is 19.3. The molecule has 10 nitrogen and oxygen atoms in total. The summed E-state index contributed by atoms with van der Waals surface area (Å²) in [5.74, 6) is -0.271. The summed E-state index contributed by atoms with van der Waals surface area (Å²) in [4.78, 5) is 19.1. The van der Waals surface area contributed by atoms with Crippen molar-refractivity contribution in [1.82, 2.24) is 9.88 Å². The number of aromatic nitrogens is 1. The topological polar surface area (TPSA) is 134 Å². The highest BCUT2D eigenvalue weighted by molar-refractivity contribution is 5.93. The average Bonchev–Trinajstić information content (AvgIpc) is 3.77. The molecular formula is C46H54F3N3O7. The summed E-state index contributed by atoms with van der Waals surface area (Å²) in [5.41, 5.74) is 2.46. The fourth-order valence-corrected chi connectivity index (χ4v) is 7.80. The molecule has 4 N–H and O–H groups in total. The first-order valence-corrected chi connectivity index (χ1v) is 20.3. The second-order valence-electron chi connectivity index (χ2n) is 15.4. The predicted molar refractivity (Wildman–Crippen MR) is 220 cm³/mol. The van der Waals surface area contributed by atoms with Crippen molar-refractivity contribution >= 4 is 22.4 Å². The van der Waals surface area contributed by atoms with Crippen LogP contribution in [0.2, 0.25) is 0 Å². The number of aryl methyl sites for hydroxylation is 1. The first-order valence-electron chi connectivity index (χ1n) is 20.3. The molecule has 1 aliphatic carbocycles. The number of likely N-dealkylation sites (tertiary alicyclic amines) is 1. The molecule has 2 heterocycles. The highest BCUT2D eigenvalue weighted by Crippen LogP contribution is 2.37. The van der Waals surface area contributed by atoms with Gasteiger partial charge in [-0.2, -0.15) is 13.2 Å². The van der Waals surface area contributed by atoms with Crippen LogP contribution in [0.1, 0.15) is 55.2 Å². The van der Waals surface area contributed by atoms with Gasteiger partial charge in [0.1, 0.15) is 37.4 Å². The Labute approximate surface area is 343 Å². The predicted octanol–water partition coefficient (Wildman–Crippen LogP) is 7.64. The van der Waals surface area contributed by atoms with Crippen LogP contribution < -0.4 is 14.8 Å². The molecule has 0 unspecified atom stereocenters. The molecule has 1 saturated carbocycles. The quantitative estimate of drug-likeness (QED) is 0.0425. The minimum atomic E-state index is -4.51. The van der Waals surface area contributed by atoms with Crippen LogP contribution in [0.4, 0.5) is 18.9 Å². The maximum atomic E-state index is 13.0. The normalized spacial score (nSPS) is 21.7. The number of aliphatic hydroxyl groups excluding tert-OH is 3. The van der Waals surface area contributed by atoms with Crippen LogP contribution in [0, 0.1) is 18.8 Å². The number of hydrogen-bond donors (Lipinski definition) is 4. The molecule has 0 spiro atoms. The van der Waals surface area contributed by atoms with E-state index in [1.807, 2.05) is 37.5 Å². The third-order valence-corrected chi connectivity index (χ3v) is 11.0. The van der Waals surface area contributed by atoms with E-state index in [2.05, 4.69) is 51.6 Å². The molecule has 3 aromatic carbocycles. The lowest BCUT2D eigenvalue weighted by molar-refractivity contribution is -0.144. The fraction of sp³-hybridized carbons (Fsp3) is 0.435. The van der Waals surface area contributed by atoms with E-state index in [0.717, 1.165) is 66.1 Å². The maximum absolute atomic E-state index is 13.0. The number of nitrogens with one attached hydrogen (secondary N) is 1. The number of fused-ring (bicyclic) bond motifs is 1. The first-order chi connectivity index (χ1) is 28.4. The lowest BCUT2D eigenvalue weighted by atomic mass is 9.89. The summed E-state index contributed by atoms with van der Waals surface area (Å²) >= 11 is 0. The van der Waals surface area contributed by atoms with Crippen LogP contribution >= 0.6 is 0 Å². The Morgan fingerprint density at radius 2 is 1.88 bits per heavy atom. The summed E-state index contributed by atoms with van der Waals surface area (Å²) in [6.45, 7) is 4.86. The molecule has 13 heteroatoms. The highest BCUT2D eigenvalue weighted by Gasteiger charge is 2.39. The molecule has 0 bridgehead atoms. The minimum Gasteiger partial charge on any atom is -0.491 e. The zero-order valence-corrected chi connectivity index (χ0v) is 33.3. The standard InChI is InChI=1S/C46H54F3N3O7/c1-31-14-15-32(28-52-21-19-35(29-52)51-41-12-6-8-33-27-50-20-18-38(33)41)24-44(31)57-22-23-58-45(56)13-5-3-2-4-11-39-40(43(55)26-42(39)54)17-16-36(53)30-59-37-10-7-9-34(25-37)46(47,48)49/h2,4,6-10,12,14-18,20,24-25,27,35-36,39-40,42-43,51,53-55H,3,5,11,13,19,21-23,26,28-30H2,1H3/b4-2+,17-16+/t35-,36-,39-,40-,42+,43-/m1/s1. The zero-order chi connectivity index (χ0) is 41.8. The number of alkyl halides is 3. The Balaban J connectivity index is 0.851. The second-order valence-corrected chi connectivity index (χ2v) is 15.4. The summed E-state index contributed by atoms with van der Waals surface area (Å²) in [6.07, 6.45) is 6.62. The average molecular weight is 818 g/mol. The Bertz CT molecular complexity index is 2040. The minimum absolute atomic E-state index is 0.0196. The Kier molecular flexibility index (Phi) is 15.4. The molecule has 0 radical (unpaired) electrons. The van der Waals surface area contributed by atoms with Gasteiger partial charge in [-0.25, -0.2) is 0 Å². The van der Waals surface area contributed by atoms with Crippen LogP contribution in [0.3, 0.4) is 0 Å². The molecule has 6 atom stereocenters. The Morgan fingerprint density at radius 1 is 1.03 bits per heavy atom. The van der Waals surface area contributed by atoms with Crippen molar-refractivity contribution in [3.8, 4) is 11.5 Å². The molecule has 1 aromatic heterocycles. The van der Waals surface area contributed by atoms with Gasteiger partial charge in [-0.05, 0) is 86.1 Å². The summed E-state index contributed by atoms with van der Waals surface area (Å²) < 4.78 is 55.7. The van der Waals surface area contributed by atoms with Crippen molar-refractivity contribution in [3.63, 3.8) is 0 Å². The Hall–Kier alpha value is -4.95. The lowest BCUT2D eigenvalue weighted by Crippen LogP contribution is -2.26. The molecular weight excluding hydrogens is 764 g/mol. The molecule has 2 aliphatic rings. The number of halogens is 3. The van der Waals surface area contributed by atoms with Gasteiger partial charge >= 0.3 is 12.1 Å². The molecule has 1 aliphatic heterocycles. The molecule has 2 fully saturated rings. The van der Waals surface area contributed by atoms with Crippen LogP contribution in [-0.2, 0) is 22.3 Å². The van der Waals surface area contributed by atoms with E-state index in [9.17, 15) is 33.3 Å². The van der Waals surface area contributed by atoms with Crippen molar-refractivity contribution in [2.45, 2.75) is 82.5 Å². The number of rotatable bonds is 19. The van der Waals surface area contributed by atoms with E-state index >= 15 is 0 Å². The molecule has 1 saturated heterocycles. The third-order valence-electron chi connectivity index (χ3n) is 11.0. The van der Waals surface area contributed by atoms with Gasteiger partial charge in [0.2, 0.25) is 0 Å². The lowest BCUT2D eigenvalue weighted by Gasteiger charge is -2.19. The van der Waals surface area contributed by atoms with Gasteiger partial charge in [0.15, 0.2) is 0 Å². The number of allylic oxidation sites excluding steroid dienone is 2. The van der Waals surface area contributed by atoms with Gasteiger partial charge in [0, 0.05) is 73.3 Å². The summed E-state index contributed by atoms with van der Waals surface area (Å²) in [7, 11) is 0. The number of ether oxygens (including phenoxy) is 3. The van der Waals surface area contributed by atoms with Crippen LogP contribution in [0.25, 0.3) is 10.8 Å². The van der Waals surface area contributed by atoms with E-state index in [1.54, 1.807) is 6.08 Å². The number of hydrogen-bond acceptors (Lipinski definition) is 10. The van der Waals surface area contributed by atoms with E-state index in [0.29, 0.717) is 25.3 Å². The van der Waals surface area contributed by atoms with Gasteiger partial charge in [0.05, 0.1) is 17.8 Å². The van der Waals surface area contributed by atoms with Crippen molar-refractivity contribution in [2.75, 3.05) is 38.2 Å². The number of benzene rings is 3.